The molecule has 0 aliphatic carbocycles. The molecular formula is C8H9NO4. The molecule has 5 heteroatoms. The molecule has 0 aliphatic rings. The number of carbonyl (C=O) groups is 2. The Morgan fingerprint density at radius 3 is 2.62 bits per heavy atom. The smallest absolute Gasteiger partial charge is 0.348 e. The third-order valence-corrected chi connectivity index (χ3v) is 1.15. The van der Waals surface area contributed by atoms with E-state index in [1.807, 2.05) is 0 Å². The highest BCUT2D eigenvalue weighted by atomic mass is 16.5. The van der Waals surface area contributed by atoms with Gasteiger partial charge in [0.25, 0.3) is 0 Å². The van der Waals surface area contributed by atoms with Crippen molar-refractivity contribution in [3.05, 3.63) is 12.2 Å². The van der Waals surface area contributed by atoms with Crippen LogP contribution in [0.25, 0.3) is 0 Å². The minimum absolute atomic E-state index is 0.00810. The fourth-order valence-electron chi connectivity index (χ4n) is 0.521. The average molecular weight is 183 g/mol. The van der Waals surface area contributed by atoms with E-state index in [2.05, 4.69) is 11.3 Å². The van der Waals surface area contributed by atoms with Gasteiger partial charge in [0.1, 0.15) is 11.6 Å². The van der Waals surface area contributed by atoms with Crippen molar-refractivity contribution in [2.75, 3.05) is 6.61 Å². The van der Waals surface area contributed by atoms with Crippen LogP contribution in [0, 0.1) is 11.3 Å². The molecule has 0 bridgehead atoms. The Morgan fingerprint density at radius 2 is 2.15 bits per heavy atom. The molecule has 0 amide bonds. The summed E-state index contributed by atoms with van der Waals surface area (Å²) >= 11 is 0. The van der Waals surface area contributed by atoms with E-state index in [0.29, 0.717) is 0 Å². The second-order valence-electron chi connectivity index (χ2n) is 2.22. The third-order valence-electron chi connectivity index (χ3n) is 1.15. The van der Waals surface area contributed by atoms with E-state index in [1.54, 1.807) is 0 Å². The van der Waals surface area contributed by atoms with Gasteiger partial charge in [0.05, 0.1) is 6.61 Å². The lowest BCUT2D eigenvalue weighted by atomic mass is 10.3. The van der Waals surface area contributed by atoms with Gasteiger partial charge in [0.2, 0.25) is 0 Å². The summed E-state index contributed by atoms with van der Waals surface area (Å²) in [5.74, 6) is -1.75. The van der Waals surface area contributed by atoms with Crippen LogP contribution in [0.2, 0.25) is 0 Å². The second-order valence-corrected chi connectivity index (χ2v) is 2.22. The van der Waals surface area contributed by atoms with Crippen molar-refractivity contribution in [2.45, 2.75) is 12.8 Å². The first-order valence-electron chi connectivity index (χ1n) is 3.56. The first kappa shape index (κ1) is 11.2. The summed E-state index contributed by atoms with van der Waals surface area (Å²) < 4.78 is 4.52. The third kappa shape index (κ3) is 5.44. The molecule has 1 N–H and O–H groups in total. The van der Waals surface area contributed by atoms with Crippen LogP contribution in [0.4, 0.5) is 0 Å². The van der Waals surface area contributed by atoms with Crippen molar-refractivity contribution >= 4 is 11.9 Å². The first-order chi connectivity index (χ1) is 6.07. The van der Waals surface area contributed by atoms with Crippen LogP contribution in [-0.2, 0) is 14.3 Å². The monoisotopic (exact) mass is 183 g/mol. The molecule has 0 fully saturated rings. The van der Waals surface area contributed by atoms with Gasteiger partial charge in [-0.05, 0) is 6.42 Å². The molecule has 0 aromatic rings. The number of carboxylic acids is 1. The SMILES string of the molecule is C=C(C#N)C(=O)OCCCC(=O)O. The Labute approximate surface area is 75.2 Å². The lowest BCUT2D eigenvalue weighted by Crippen LogP contribution is -2.08. The van der Waals surface area contributed by atoms with E-state index in [0.717, 1.165) is 0 Å². The maximum atomic E-state index is 10.7. The number of nitriles is 1. The summed E-state index contributed by atoms with van der Waals surface area (Å²) in [7, 11) is 0. The summed E-state index contributed by atoms with van der Waals surface area (Å²) in [4.78, 5) is 20.8. The van der Waals surface area contributed by atoms with Gasteiger partial charge >= 0.3 is 11.9 Å². The van der Waals surface area contributed by atoms with Crippen molar-refractivity contribution in [3.8, 4) is 6.07 Å². The lowest BCUT2D eigenvalue weighted by molar-refractivity contribution is -0.141. The summed E-state index contributed by atoms with van der Waals surface area (Å²) in [6, 6.07) is 1.53. The Kier molecular flexibility index (Phi) is 4.96. The molecule has 0 spiro atoms. The van der Waals surface area contributed by atoms with Crippen LogP contribution in [0.5, 0.6) is 0 Å². The van der Waals surface area contributed by atoms with Crippen LogP contribution >= 0.6 is 0 Å². The molecule has 0 saturated heterocycles. The predicted molar refractivity (Wildman–Crippen MR) is 42.6 cm³/mol. The summed E-state index contributed by atoms with van der Waals surface area (Å²) in [5.41, 5.74) is -0.282. The number of aliphatic carboxylic acids is 1. The zero-order chi connectivity index (χ0) is 10.3. The van der Waals surface area contributed by atoms with Gasteiger partial charge in [-0.1, -0.05) is 6.58 Å². The highest BCUT2D eigenvalue weighted by Crippen LogP contribution is 1.95. The standard InChI is InChI=1S/C8H9NO4/c1-6(5-9)8(12)13-4-2-3-7(10)11/h1-4H2,(H,10,11). The number of esters is 1. The Hall–Kier alpha value is -1.83. The predicted octanol–water partition coefficient (Wildman–Crippen LogP) is 0.474. The van der Waals surface area contributed by atoms with Crippen molar-refractivity contribution in [2.24, 2.45) is 0 Å². The number of rotatable bonds is 5. The zero-order valence-corrected chi connectivity index (χ0v) is 6.95. The normalized spacial score (nSPS) is 8.54. The lowest BCUT2D eigenvalue weighted by Gasteiger charge is -2.00. The van der Waals surface area contributed by atoms with E-state index >= 15 is 0 Å². The van der Waals surface area contributed by atoms with E-state index in [9.17, 15) is 9.59 Å². The molecule has 0 heterocycles. The maximum absolute atomic E-state index is 10.7. The van der Waals surface area contributed by atoms with E-state index < -0.39 is 11.9 Å². The molecule has 0 aromatic carbocycles. The average Bonchev–Trinajstić information content (AvgIpc) is 2.10. The molecule has 5 nitrogen and oxygen atoms in total. The molecule has 13 heavy (non-hydrogen) atoms. The number of carbonyl (C=O) groups excluding carboxylic acids is 1. The van der Waals surface area contributed by atoms with Crippen molar-refractivity contribution in [1.82, 2.24) is 0 Å². The number of carboxylic acid groups (broad SMARTS) is 1. The second kappa shape index (κ2) is 5.77. The molecule has 70 valence electrons. The van der Waals surface area contributed by atoms with Crippen molar-refractivity contribution in [3.63, 3.8) is 0 Å². The summed E-state index contributed by atoms with van der Waals surface area (Å²) in [6.45, 7) is 3.13. The number of ether oxygens (including phenoxy) is 1. The number of hydrogen-bond acceptors (Lipinski definition) is 4. The van der Waals surface area contributed by atoms with Gasteiger partial charge in [-0.3, -0.25) is 4.79 Å². The first-order valence-corrected chi connectivity index (χ1v) is 3.56. The maximum Gasteiger partial charge on any atom is 0.348 e. The Balaban J connectivity index is 3.56. The van der Waals surface area contributed by atoms with Crippen LogP contribution < -0.4 is 0 Å². The van der Waals surface area contributed by atoms with Gasteiger partial charge in [-0.2, -0.15) is 5.26 Å². The largest absolute Gasteiger partial charge is 0.481 e. The minimum atomic E-state index is -0.949. The summed E-state index contributed by atoms with van der Waals surface area (Å²) in [6.07, 6.45) is 0.173. The van der Waals surface area contributed by atoms with Gasteiger partial charge in [0.15, 0.2) is 0 Å². The molecule has 0 rings (SSSR count). The fourth-order valence-corrected chi connectivity index (χ4v) is 0.521. The molecule has 0 atom stereocenters. The quantitative estimate of drug-likeness (QED) is 0.290. The van der Waals surface area contributed by atoms with E-state index in [4.69, 9.17) is 10.4 Å². The zero-order valence-electron chi connectivity index (χ0n) is 6.95. The summed E-state index contributed by atoms with van der Waals surface area (Å²) in [5, 5.41) is 16.4. The molecule has 0 radical (unpaired) electrons. The van der Waals surface area contributed by atoms with Crippen LogP contribution in [0.3, 0.4) is 0 Å². The van der Waals surface area contributed by atoms with E-state index in [1.165, 1.54) is 6.07 Å². The minimum Gasteiger partial charge on any atom is -0.481 e. The fraction of sp³-hybridized carbons (Fsp3) is 0.375. The van der Waals surface area contributed by atoms with Crippen LogP contribution in [-0.4, -0.2) is 23.7 Å². The van der Waals surface area contributed by atoms with Crippen molar-refractivity contribution in [1.29, 1.82) is 5.26 Å². The van der Waals surface area contributed by atoms with Gasteiger partial charge in [0, 0.05) is 6.42 Å². The molecular weight excluding hydrogens is 174 g/mol. The Morgan fingerprint density at radius 1 is 1.54 bits per heavy atom. The van der Waals surface area contributed by atoms with E-state index in [-0.39, 0.29) is 25.0 Å². The molecule has 0 saturated carbocycles. The highest BCUT2D eigenvalue weighted by Gasteiger charge is 2.06. The number of hydrogen-bond donors (Lipinski definition) is 1. The Bertz CT molecular complexity index is 264. The molecule has 0 aromatic heterocycles. The van der Waals surface area contributed by atoms with Gasteiger partial charge in [-0.15, -0.1) is 0 Å². The van der Waals surface area contributed by atoms with Crippen LogP contribution in [0.1, 0.15) is 12.8 Å². The molecule has 0 aliphatic heterocycles. The number of nitrogens with zero attached hydrogens (tertiary/aromatic N) is 1. The molecule has 0 unspecified atom stereocenters. The van der Waals surface area contributed by atoms with Gasteiger partial charge in [-0.25, -0.2) is 4.79 Å². The van der Waals surface area contributed by atoms with Crippen molar-refractivity contribution < 1.29 is 19.4 Å². The highest BCUT2D eigenvalue weighted by molar-refractivity contribution is 5.91. The van der Waals surface area contributed by atoms with Crippen LogP contribution in [0.15, 0.2) is 12.2 Å². The van der Waals surface area contributed by atoms with Gasteiger partial charge < -0.3 is 9.84 Å². The topological polar surface area (TPSA) is 87.4 Å².